The average molecular weight is 330 g/mol. The third-order valence-electron chi connectivity index (χ3n) is 3.24. The van der Waals surface area contributed by atoms with Crippen LogP contribution in [0.15, 0.2) is 42.7 Å². The molecule has 0 aliphatic carbocycles. The van der Waals surface area contributed by atoms with E-state index in [0.717, 1.165) is 11.4 Å². The molecular weight excluding hydrogens is 308 g/mol. The van der Waals surface area contributed by atoms with Crippen molar-refractivity contribution in [3.8, 4) is 11.5 Å². The van der Waals surface area contributed by atoms with Gasteiger partial charge in [-0.25, -0.2) is 0 Å². The predicted octanol–water partition coefficient (Wildman–Crippen LogP) is 1.74. The lowest BCUT2D eigenvalue weighted by atomic mass is 10.2. The second kappa shape index (κ2) is 9.24. The minimum absolute atomic E-state index is 0.0797. The largest absolute Gasteiger partial charge is 0.497 e. The maximum absolute atomic E-state index is 11.8. The summed E-state index contributed by atoms with van der Waals surface area (Å²) in [5.41, 5.74) is 1.68. The first-order valence-electron chi connectivity index (χ1n) is 7.59. The predicted molar refractivity (Wildman–Crippen MR) is 93.8 cm³/mol. The summed E-state index contributed by atoms with van der Waals surface area (Å²) >= 11 is 0. The number of carbonyl (C=O) groups is 1. The van der Waals surface area contributed by atoms with E-state index < -0.39 is 0 Å². The number of methoxy groups -OCH3 is 2. The highest BCUT2D eigenvalue weighted by Crippen LogP contribution is 2.25. The zero-order chi connectivity index (χ0) is 17.2. The summed E-state index contributed by atoms with van der Waals surface area (Å²) in [5, 5.41) is 9.06. The van der Waals surface area contributed by atoms with Crippen LogP contribution in [0.4, 0.5) is 11.4 Å². The first-order valence-corrected chi connectivity index (χ1v) is 7.59. The molecule has 0 radical (unpaired) electrons. The Kier molecular flexibility index (Phi) is 6.70. The minimum Gasteiger partial charge on any atom is -0.497 e. The van der Waals surface area contributed by atoms with Crippen molar-refractivity contribution in [3.05, 3.63) is 42.7 Å². The number of nitrogens with zero attached hydrogens (tertiary/aromatic N) is 1. The number of ether oxygens (including phenoxy) is 2. The molecule has 0 saturated carbocycles. The molecular formula is C17H22N4O3. The lowest BCUT2D eigenvalue weighted by Crippen LogP contribution is -2.33. The molecule has 1 heterocycles. The Labute approximate surface area is 141 Å². The molecule has 0 aliphatic rings. The van der Waals surface area contributed by atoms with Crippen molar-refractivity contribution in [2.24, 2.45) is 0 Å². The van der Waals surface area contributed by atoms with Gasteiger partial charge < -0.3 is 25.4 Å². The van der Waals surface area contributed by atoms with E-state index in [2.05, 4.69) is 20.9 Å². The molecule has 0 saturated heterocycles. The molecule has 24 heavy (non-hydrogen) atoms. The fourth-order valence-electron chi connectivity index (χ4n) is 2.03. The van der Waals surface area contributed by atoms with Crippen LogP contribution in [0.2, 0.25) is 0 Å². The van der Waals surface area contributed by atoms with Crippen molar-refractivity contribution < 1.29 is 14.3 Å². The summed E-state index contributed by atoms with van der Waals surface area (Å²) in [5.74, 6) is 1.34. The molecule has 0 atom stereocenters. The summed E-state index contributed by atoms with van der Waals surface area (Å²) in [4.78, 5) is 15.7. The highest BCUT2D eigenvalue weighted by atomic mass is 16.5. The SMILES string of the molecule is COc1cc(NCCNC(=O)CNc2cccnc2)cc(OC)c1. The zero-order valence-electron chi connectivity index (χ0n) is 13.8. The molecule has 1 amide bonds. The van der Waals surface area contributed by atoms with E-state index in [1.54, 1.807) is 32.7 Å². The molecule has 7 nitrogen and oxygen atoms in total. The number of amides is 1. The van der Waals surface area contributed by atoms with Gasteiger partial charge in [0.15, 0.2) is 0 Å². The van der Waals surface area contributed by atoms with Gasteiger partial charge in [0, 0.05) is 49.4 Å². The number of hydrogen-bond donors (Lipinski definition) is 3. The van der Waals surface area contributed by atoms with Gasteiger partial charge in [-0.05, 0) is 12.1 Å². The van der Waals surface area contributed by atoms with E-state index >= 15 is 0 Å². The molecule has 1 aromatic carbocycles. The molecule has 0 spiro atoms. The molecule has 0 fully saturated rings. The van der Waals surface area contributed by atoms with E-state index in [4.69, 9.17) is 9.47 Å². The second-order valence-electron chi connectivity index (χ2n) is 4.97. The first kappa shape index (κ1) is 17.4. The fraction of sp³-hybridized carbons (Fsp3) is 0.294. The second-order valence-corrected chi connectivity index (χ2v) is 4.97. The van der Waals surface area contributed by atoms with Gasteiger partial charge in [-0.1, -0.05) is 0 Å². The number of hydrogen-bond acceptors (Lipinski definition) is 6. The van der Waals surface area contributed by atoms with Crippen LogP contribution in [0.25, 0.3) is 0 Å². The van der Waals surface area contributed by atoms with Crippen molar-refractivity contribution in [1.82, 2.24) is 10.3 Å². The first-order chi connectivity index (χ1) is 11.7. The number of nitrogens with one attached hydrogen (secondary N) is 3. The Morgan fingerprint density at radius 2 is 1.79 bits per heavy atom. The van der Waals surface area contributed by atoms with E-state index in [1.165, 1.54) is 0 Å². The maximum Gasteiger partial charge on any atom is 0.239 e. The lowest BCUT2D eigenvalue weighted by Gasteiger charge is -2.11. The van der Waals surface area contributed by atoms with Gasteiger partial charge in [0.2, 0.25) is 5.91 Å². The van der Waals surface area contributed by atoms with E-state index in [-0.39, 0.29) is 12.5 Å². The molecule has 0 bridgehead atoms. The average Bonchev–Trinajstić information content (AvgIpc) is 2.64. The Morgan fingerprint density at radius 3 is 2.42 bits per heavy atom. The number of carbonyl (C=O) groups excluding carboxylic acids is 1. The summed E-state index contributed by atoms with van der Waals surface area (Å²) in [6.45, 7) is 1.31. The van der Waals surface area contributed by atoms with Crippen molar-refractivity contribution >= 4 is 17.3 Å². The van der Waals surface area contributed by atoms with Crippen molar-refractivity contribution in [3.63, 3.8) is 0 Å². The van der Waals surface area contributed by atoms with Crippen LogP contribution in [0, 0.1) is 0 Å². The molecule has 2 rings (SSSR count). The Balaban J connectivity index is 1.69. The van der Waals surface area contributed by atoms with Crippen LogP contribution in [0.1, 0.15) is 0 Å². The van der Waals surface area contributed by atoms with Gasteiger partial charge in [0.25, 0.3) is 0 Å². The fourth-order valence-corrected chi connectivity index (χ4v) is 2.03. The van der Waals surface area contributed by atoms with E-state index in [9.17, 15) is 4.79 Å². The highest BCUT2D eigenvalue weighted by Gasteiger charge is 2.03. The van der Waals surface area contributed by atoms with Gasteiger partial charge in [-0.3, -0.25) is 9.78 Å². The molecule has 0 unspecified atom stereocenters. The Hall–Kier alpha value is -2.96. The molecule has 1 aromatic heterocycles. The van der Waals surface area contributed by atoms with Crippen LogP contribution in [0.3, 0.4) is 0 Å². The Bertz CT molecular complexity index is 627. The van der Waals surface area contributed by atoms with Crippen LogP contribution < -0.4 is 25.4 Å². The highest BCUT2D eigenvalue weighted by molar-refractivity contribution is 5.80. The quantitative estimate of drug-likeness (QED) is 0.607. The lowest BCUT2D eigenvalue weighted by molar-refractivity contribution is -0.119. The molecule has 2 aromatic rings. The van der Waals surface area contributed by atoms with Crippen molar-refractivity contribution in [2.45, 2.75) is 0 Å². The molecule has 3 N–H and O–H groups in total. The van der Waals surface area contributed by atoms with Crippen molar-refractivity contribution in [2.75, 3.05) is 44.5 Å². The smallest absolute Gasteiger partial charge is 0.239 e. The van der Waals surface area contributed by atoms with Crippen LogP contribution in [-0.2, 0) is 4.79 Å². The topological polar surface area (TPSA) is 84.5 Å². The monoisotopic (exact) mass is 330 g/mol. The van der Waals surface area contributed by atoms with Gasteiger partial charge in [-0.2, -0.15) is 0 Å². The molecule has 128 valence electrons. The van der Waals surface area contributed by atoms with E-state index in [1.807, 2.05) is 24.3 Å². The van der Waals surface area contributed by atoms with Crippen molar-refractivity contribution in [1.29, 1.82) is 0 Å². The van der Waals surface area contributed by atoms with Gasteiger partial charge in [0.1, 0.15) is 11.5 Å². The standard InChI is InChI=1S/C17H22N4O3/c1-23-15-8-14(9-16(10-15)24-2)19-6-7-20-17(22)12-21-13-4-3-5-18-11-13/h3-5,8-11,19,21H,6-7,12H2,1-2H3,(H,20,22). The van der Waals surface area contributed by atoms with Crippen LogP contribution in [0.5, 0.6) is 11.5 Å². The Morgan fingerprint density at radius 1 is 1.04 bits per heavy atom. The van der Waals surface area contributed by atoms with Crippen LogP contribution in [-0.4, -0.2) is 44.7 Å². The third kappa shape index (κ3) is 5.68. The number of rotatable bonds is 9. The van der Waals surface area contributed by atoms with Gasteiger partial charge in [0.05, 0.1) is 26.5 Å². The van der Waals surface area contributed by atoms with E-state index in [0.29, 0.717) is 24.6 Å². The van der Waals surface area contributed by atoms with Gasteiger partial charge >= 0.3 is 0 Å². The third-order valence-corrected chi connectivity index (χ3v) is 3.24. The normalized spacial score (nSPS) is 9.92. The number of aromatic nitrogens is 1. The van der Waals surface area contributed by atoms with Gasteiger partial charge in [-0.15, -0.1) is 0 Å². The maximum atomic E-state index is 11.8. The number of pyridine rings is 1. The number of anilines is 2. The zero-order valence-corrected chi connectivity index (χ0v) is 13.8. The molecule has 7 heteroatoms. The summed E-state index contributed by atoms with van der Waals surface area (Å²) in [6, 6.07) is 9.21. The van der Waals surface area contributed by atoms with Crippen LogP contribution >= 0.6 is 0 Å². The minimum atomic E-state index is -0.0797. The summed E-state index contributed by atoms with van der Waals surface area (Å²) < 4.78 is 10.4. The number of benzene rings is 1. The summed E-state index contributed by atoms with van der Waals surface area (Å²) in [6.07, 6.45) is 3.36. The molecule has 0 aliphatic heterocycles. The summed E-state index contributed by atoms with van der Waals surface area (Å²) in [7, 11) is 3.21.